The van der Waals surface area contributed by atoms with Crippen LogP contribution in [0.2, 0.25) is 5.15 Å². The average Bonchev–Trinajstić information content (AvgIpc) is 2.42. The van der Waals surface area contributed by atoms with Crippen molar-refractivity contribution in [3.8, 4) is 0 Å². The zero-order valence-corrected chi connectivity index (χ0v) is 13.0. The van der Waals surface area contributed by atoms with E-state index in [9.17, 15) is 0 Å². The SMILES string of the molecule is Cc1cccc2c(CN3CCC(C)CC3)cc(Cl)nc12. The summed E-state index contributed by atoms with van der Waals surface area (Å²) in [6, 6.07) is 8.39. The van der Waals surface area contributed by atoms with Crippen LogP contribution in [0.3, 0.4) is 0 Å². The summed E-state index contributed by atoms with van der Waals surface area (Å²) >= 11 is 6.21. The van der Waals surface area contributed by atoms with Crippen LogP contribution in [0.15, 0.2) is 24.3 Å². The van der Waals surface area contributed by atoms with Crippen LogP contribution in [0.1, 0.15) is 30.9 Å². The van der Waals surface area contributed by atoms with Crippen molar-refractivity contribution in [3.05, 3.63) is 40.5 Å². The van der Waals surface area contributed by atoms with E-state index in [0.717, 1.165) is 18.0 Å². The van der Waals surface area contributed by atoms with Crippen LogP contribution in [0.4, 0.5) is 0 Å². The van der Waals surface area contributed by atoms with Crippen LogP contribution in [0, 0.1) is 12.8 Å². The highest BCUT2D eigenvalue weighted by atomic mass is 35.5. The summed E-state index contributed by atoms with van der Waals surface area (Å²) in [5.41, 5.74) is 3.54. The summed E-state index contributed by atoms with van der Waals surface area (Å²) in [5.74, 6) is 0.867. The molecule has 20 heavy (non-hydrogen) atoms. The van der Waals surface area contributed by atoms with Crippen molar-refractivity contribution < 1.29 is 0 Å². The van der Waals surface area contributed by atoms with E-state index >= 15 is 0 Å². The summed E-state index contributed by atoms with van der Waals surface area (Å²) in [6.45, 7) is 7.80. The highest BCUT2D eigenvalue weighted by Gasteiger charge is 2.17. The Labute approximate surface area is 125 Å². The van der Waals surface area contributed by atoms with Crippen LogP contribution in [0.25, 0.3) is 10.9 Å². The van der Waals surface area contributed by atoms with Crippen LogP contribution in [-0.4, -0.2) is 23.0 Å². The molecule has 1 saturated heterocycles. The third kappa shape index (κ3) is 2.82. The number of benzene rings is 1. The van der Waals surface area contributed by atoms with Gasteiger partial charge in [0.05, 0.1) is 5.52 Å². The van der Waals surface area contributed by atoms with E-state index in [1.54, 1.807) is 0 Å². The molecule has 2 nitrogen and oxygen atoms in total. The average molecular weight is 289 g/mol. The Hall–Kier alpha value is -1.12. The van der Waals surface area contributed by atoms with Crippen molar-refractivity contribution in [1.29, 1.82) is 0 Å². The molecule has 0 unspecified atom stereocenters. The van der Waals surface area contributed by atoms with E-state index in [4.69, 9.17) is 11.6 Å². The van der Waals surface area contributed by atoms with E-state index in [1.165, 1.54) is 42.4 Å². The lowest BCUT2D eigenvalue weighted by Crippen LogP contribution is -2.32. The normalized spacial score (nSPS) is 17.8. The molecule has 0 atom stereocenters. The van der Waals surface area contributed by atoms with E-state index in [0.29, 0.717) is 5.15 Å². The number of halogens is 1. The highest BCUT2D eigenvalue weighted by Crippen LogP contribution is 2.26. The zero-order valence-electron chi connectivity index (χ0n) is 12.2. The molecule has 2 aromatic rings. The lowest BCUT2D eigenvalue weighted by molar-refractivity contribution is 0.186. The molecule has 1 aliphatic heterocycles. The molecule has 0 saturated carbocycles. The van der Waals surface area contributed by atoms with Gasteiger partial charge < -0.3 is 0 Å². The number of hydrogen-bond acceptors (Lipinski definition) is 2. The fourth-order valence-corrected chi connectivity index (χ4v) is 3.24. The first-order valence-corrected chi connectivity index (χ1v) is 7.78. The summed E-state index contributed by atoms with van der Waals surface area (Å²) in [4.78, 5) is 7.02. The van der Waals surface area contributed by atoms with Crippen LogP contribution < -0.4 is 0 Å². The molecule has 3 heteroatoms. The Bertz CT molecular complexity index is 616. The van der Waals surface area contributed by atoms with Crippen molar-refractivity contribution >= 4 is 22.5 Å². The summed E-state index contributed by atoms with van der Waals surface area (Å²) in [5, 5.41) is 1.85. The van der Waals surface area contributed by atoms with Crippen molar-refractivity contribution in [1.82, 2.24) is 9.88 Å². The monoisotopic (exact) mass is 288 g/mol. The first-order chi connectivity index (χ1) is 9.63. The molecule has 0 bridgehead atoms. The Balaban J connectivity index is 1.93. The molecule has 0 aliphatic carbocycles. The minimum Gasteiger partial charge on any atom is -0.299 e. The Morgan fingerprint density at radius 3 is 2.80 bits per heavy atom. The van der Waals surface area contributed by atoms with Gasteiger partial charge >= 0.3 is 0 Å². The molecule has 0 spiro atoms. The van der Waals surface area contributed by atoms with Crippen LogP contribution >= 0.6 is 11.6 Å². The molecule has 1 fully saturated rings. The fourth-order valence-electron chi connectivity index (χ4n) is 3.02. The van der Waals surface area contributed by atoms with E-state index in [-0.39, 0.29) is 0 Å². The highest BCUT2D eigenvalue weighted by molar-refractivity contribution is 6.30. The molecule has 2 heterocycles. The molecule has 0 N–H and O–H groups in total. The second-order valence-corrected chi connectivity index (χ2v) is 6.42. The third-order valence-corrected chi connectivity index (χ3v) is 4.56. The van der Waals surface area contributed by atoms with Gasteiger partial charge in [-0.3, -0.25) is 4.90 Å². The molecular weight excluding hydrogens is 268 g/mol. The molecule has 0 radical (unpaired) electrons. The predicted octanol–water partition coefficient (Wildman–Crippen LogP) is 4.43. The number of nitrogens with zero attached hydrogens (tertiary/aromatic N) is 2. The largest absolute Gasteiger partial charge is 0.299 e. The Morgan fingerprint density at radius 2 is 2.05 bits per heavy atom. The number of piperidine rings is 1. The van der Waals surface area contributed by atoms with Gasteiger partial charge in [0.15, 0.2) is 0 Å². The Kier molecular flexibility index (Phi) is 3.95. The summed E-state index contributed by atoms with van der Waals surface area (Å²) in [6.07, 6.45) is 2.60. The molecule has 3 rings (SSSR count). The number of rotatable bonds is 2. The number of para-hydroxylation sites is 1. The second kappa shape index (κ2) is 5.71. The molecule has 0 amide bonds. The number of fused-ring (bicyclic) bond motifs is 1. The standard InChI is InChI=1S/C17H21ClN2/c1-12-6-8-20(9-7-12)11-14-10-16(18)19-17-13(2)4-3-5-15(14)17/h3-5,10,12H,6-9,11H2,1-2H3. The second-order valence-electron chi connectivity index (χ2n) is 6.03. The van der Waals surface area contributed by atoms with Gasteiger partial charge in [-0.05, 0) is 56.0 Å². The maximum Gasteiger partial charge on any atom is 0.130 e. The molecular formula is C17H21ClN2. The Morgan fingerprint density at radius 1 is 1.30 bits per heavy atom. The van der Waals surface area contributed by atoms with Crippen LogP contribution in [0.5, 0.6) is 0 Å². The van der Waals surface area contributed by atoms with Crippen LogP contribution in [-0.2, 0) is 6.54 Å². The minimum absolute atomic E-state index is 0.604. The minimum atomic E-state index is 0.604. The third-order valence-electron chi connectivity index (χ3n) is 4.37. The van der Waals surface area contributed by atoms with Gasteiger partial charge in [-0.2, -0.15) is 0 Å². The summed E-state index contributed by atoms with van der Waals surface area (Å²) in [7, 11) is 0. The predicted molar refractivity (Wildman–Crippen MR) is 85.2 cm³/mol. The fraction of sp³-hybridized carbons (Fsp3) is 0.471. The zero-order chi connectivity index (χ0) is 14.1. The molecule has 1 aliphatic rings. The van der Waals surface area contributed by atoms with Crippen molar-refractivity contribution in [3.63, 3.8) is 0 Å². The van der Waals surface area contributed by atoms with Gasteiger partial charge in [0.1, 0.15) is 5.15 Å². The lowest BCUT2D eigenvalue weighted by atomic mass is 9.98. The number of pyridine rings is 1. The smallest absolute Gasteiger partial charge is 0.130 e. The number of aromatic nitrogens is 1. The van der Waals surface area contributed by atoms with Gasteiger partial charge in [-0.1, -0.05) is 36.7 Å². The first kappa shape index (κ1) is 13.8. The molecule has 106 valence electrons. The number of aryl methyl sites for hydroxylation is 1. The number of likely N-dealkylation sites (tertiary alicyclic amines) is 1. The van der Waals surface area contributed by atoms with Gasteiger partial charge in [0, 0.05) is 11.9 Å². The quantitative estimate of drug-likeness (QED) is 0.760. The van der Waals surface area contributed by atoms with E-state index < -0.39 is 0 Å². The van der Waals surface area contributed by atoms with Crippen molar-refractivity contribution in [2.75, 3.05) is 13.1 Å². The van der Waals surface area contributed by atoms with Gasteiger partial charge in [0.2, 0.25) is 0 Å². The maximum absolute atomic E-state index is 6.21. The van der Waals surface area contributed by atoms with Gasteiger partial charge in [-0.15, -0.1) is 0 Å². The van der Waals surface area contributed by atoms with Gasteiger partial charge in [0.25, 0.3) is 0 Å². The van der Waals surface area contributed by atoms with E-state index in [2.05, 4.69) is 41.9 Å². The number of hydrogen-bond donors (Lipinski definition) is 0. The van der Waals surface area contributed by atoms with Crippen molar-refractivity contribution in [2.24, 2.45) is 5.92 Å². The van der Waals surface area contributed by atoms with E-state index in [1.807, 2.05) is 6.07 Å². The molecule has 1 aromatic heterocycles. The van der Waals surface area contributed by atoms with Gasteiger partial charge in [-0.25, -0.2) is 4.98 Å². The van der Waals surface area contributed by atoms with Crippen molar-refractivity contribution in [2.45, 2.75) is 33.2 Å². The first-order valence-electron chi connectivity index (χ1n) is 7.40. The summed E-state index contributed by atoms with van der Waals surface area (Å²) < 4.78 is 0. The lowest BCUT2D eigenvalue weighted by Gasteiger charge is -2.30. The topological polar surface area (TPSA) is 16.1 Å². The maximum atomic E-state index is 6.21. The molecule has 1 aromatic carbocycles.